The second-order valence-corrected chi connectivity index (χ2v) is 4.72. The molecule has 0 aliphatic heterocycles. The van der Waals surface area contributed by atoms with Gasteiger partial charge in [-0.2, -0.15) is 0 Å². The number of hydrogen-bond donors (Lipinski definition) is 2. The van der Waals surface area contributed by atoms with Gasteiger partial charge in [0.1, 0.15) is 11.5 Å². The van der Waals surface area contributed by atoms with E-state index in [1.807, 2.05) is 18.2 Å². The SMILES string of the molecule is COc1ccc(NC2CCC(O)CC2)c(OC)c1. The van der Waals surface area contributed by atoms with E-state index in [0.29, 0.717) is 6.04 Å². The zero-order chi connectivity index (χ0) is 13.0. The first kappa shape index (κ1) is 13.0. The number of methoxy groups -OCH3 is 2. The summed E-state index contributed by atoms with van der Waals surface area (Å²) in [6.45, 7) is 0. The minimum atomic E-state index is -0.124. The molecule has 1 saturated carbocycles. The van der Waals surface area contributed by atoms with Crippen molar-refractivity contribution in [3.05, 3.63) is 18.2 Å². The predicted molar refractivity (Wildman–Crippen MR) is 71.4 cm³/mol. The van der Waals surface area contributed by atoms with Gasteiger partial charge in [-0.25, -0.2) is 0 Å². The van der Waals surface area contributed by atoms with Gasteiger partial charge in [0.05, 0.1) is 26.0 Å². The molecule has 0 amide bonds. The molecule has 0 radical (unpaired) electrons. The van der Waals surface area contributed by atoms with Crippen LogP contribution in [0.5, 0.6) is 11.5 Å². The van der Waals surface area contributed by atoms with Crippen molar-refractivity contribution in [2.45, 2.75) is 37.8 Å². The van der Waals surface area contributed by atoms with E-state index in [0.717, 1.165) is 42.9 Å². The molecule has 1 aliphatic rings. The van der Waals surface area contributed by atoms with Crippen LogP contribution in [0.25, 0.3) is 0 Å². The average molecular weight is 251 g/mol. The van der Waals surface area contributed by atoms with E-state index < -0.39 is 0 Å². The van der Waals surface area contributed by atoms with E-state index in [1.54, 1.807) is 14.2 Å². The molecule has 1 aromatic carbocycles. The van der Waals surface area contributed by atoms with Crippen LogP contribution in [0.1, 0.15) is 25.7 Å². The maximum Gasteiger partial charge on any atom is 0.145 e. The number of aliphatic hydroxyl groups excluding tert-OH is 1. The summed E-state index contributed by atoms with van der Waals surface area (Å²) in [6.07, 6.45) is 3.61. The van der Waals surface area contributed by atoms with Crippen LogP contribution in [-0.4, -0.2) is 31.5 Å². The monoisotopic (exact) mass is 251 g/mol. The summed E-state index contributed by atoms with van der Waals surface area (Å²) < 4.78 is 10.5. The van der Waals surface area contributed by atoms with Gasteiger partial charge in [-0.1, -0.05) is 0 Å². The van der Waals surface area contributed by atoms with Crippen LogP contribution in [0.3, 0.4) is 0 Å². The lowest BCUT2D eigenvalue weighted by molar-refractivity contribution is 0.126. The van der Waals surface area contributed by atoms with E-state index in [9.17, 15) is 5.11 Å². The quantitative estimate of drug-likeness (QED) is 0.863. The molecule has 100 valence electrons. The topological polar surface area (TPSA) is 50.7 Å². The van der Waals surface area contributed by atoms with E-state index in [1.165, 1.54) is 0 Å². The van der Waals surface area contributed by atoms with Crippen LogP contribution < -0.4 is 14.8 Å². The van der Waals surface area contributed by atoms with Gasteiger partial charge in [-0.05, 0) is 37.8 Å². The second kappa shape index (κ2) is 5.96. The van der Waals surface area contributed by atoms with E-state index in [-0.39, 0.29) is 6.10 Å². The molecule has 1 aliphatic carbocycles. The van der Waals surface area contributed by atoms with Crippen LogP contribution in [0.15, 0.2) is 18.2 Å². The summed E-state index contributed by atoms with van der Waals surface area (Å²) in [4.78, 5) is 0. The van der Waals surface area contributed by atoms with Crippen molar-refractivity contribution in [1.82, 2.24) is 0 Å². The molecule has 2 rings (SSSR count). The Kier molecular flexibility index (Phi) is 4.31. The molecule has 0 bridgehead atoms. The molecule has 1 fully saturated rings. The van der Waals surface area contributed by atoms with E-state index in [4.69, 9.17) is 9.47 Å². The summed E-state index contributed by atoms with van der Waals surface area (Å²) in [5.41, 5.74) is 0.986. The number of ether oxygens (including phenoxy) is 2. The summed E-state index contributed by atoms with van der Waals surface area (Å²) in [7, 11) is 3.30. The smallest absolute Gasteiger partial charge is 0.145 e. The minimum absolute atomic E-state index is 0.124. The van der Waals surface area contributed by atoms with Crippen molar-refractivity contribution in [2.24, 2.45) is 0 Å². The lowest BCUT2D eigenvalue weighted by atomic mass is 9.93. The fourth-order valence-corrected chi connectivity index (χ4v) is 2.36. The third kappa shape index (κ3) is 3.07. The van der Waals surface area contributed by atoms with Gasteiger partial charge in [0.25, 0.3) is 0 Å². The highest BCUT2D eigenvalue weighted by molar-refractivity contribution is 5.59. The van der Waals surface area contributed by atoms with Gasteiger partial charge in [0.15, 0.2) is 0 Å². The summed E-state index contributed by atoms with van der Waals surface area (Å²) in [6, 6.07) is 6.18. The Morgan fingerprint density at radius 2 is 1.83 bits per heavy atom. The highest BCUT2D eigenvalue weighted by atomic mass is 16.5. The largest absolute Gasteiger partial charge is 0.497 e. The predicted octanol–water partition coefficient (Wildman–Crippen LogP) is 2.42. The number of aliphatic hydroxyl groups is 1. The highest BCUT2D eigenvalue weighted by Crippen LogP contribution is 2.31. The Bertz CT molecular complexity index is 387. The van der Waals surface area contributed by atoms with Gasteiger partial charge in [0, 0.05) is 12.1 Å². The van der Waals surface area contributed by atoms with Gasteiger partial charge >= 0.3 is 0 Å². The lowest BCUT2D eigenvalue weighted by Gasteiger charge is -2.27. The molecule has 2 N–H and O–H groups in total. The molecule has 0 aromatic heterocycles. The Morgan fingerprint density at radius 3 is 2.44 bits per heavy atom. The third-order valence-corrected chi connectivity index (χ3v) is 3.47. The number of rotatable bonds is 4. The van der Waals surface area contributed by atoms with Crippen molar-refractivity contribution < 1.29 is 14.6 Å². The van der Waals surface area contributed by atoms with E-state index in [2.05, 4.69) is 5.32 Å². The minimum Gasteiger partial charge on any atom is -0.497 e. The average Bonchev–Trinajstić information content (AvgIpc) is 2.41. The fourth-order valence-electron chi connectivity index (χ4n) is 2.36. The Labute approximate surface area is 108 Å². The molecular formula is C14H21NO3. The molecule has 1 aromatic rings. The molecule has 0 heterocycles. The van der Waals surface area contributed by atoms with Crippen molar-refractivity contribution in [3.63, 3.8) is 0 Å². The first-order chi connectivity index (χ1) is 8.72. The molecule has 0 saturated heterocycles. The summed E-state index contributed by atoms with van der Waals surface area (Å²) >= 11 is 0. The first-order valence-electron chi connectivity index (χ1n) is 6.39. The molecule has 4 heteroatoms. The summed E-state index contributed by atoms with van der Waals surface area (Å²) in [5, 5.41) is 13.0. The Hall–Kier alpha value is -1.42. The fraction of sp³-hybridized carbons (Fsp3) is 0.571. The number of benzene rings is 1. The standard InChI is InChI=1S/C14H21NO3/c1-17-12-7-8-13(14(9-12)18-2)15-10-3-5-11(16)6-4-10/h7-11,15-16H,3-6H2,1-2H3. The van der Waals surface area contributed by atoms with Gasteiger partial charge in [0.2, 0.25) is 0 Å². The van der Waals surface area contributed by atoms with Crippen molar-refractivity contribution in [2.75, 3.05) is 19.5 Å². The normalized spacial score (nSPS) is 23.5. The summed E-state index contributed by atoms with van der Waals surface area (Å²) in [5.74, 6) is 1.58. The van der Waals surface area contributed by atoms with Crippen LogP contribution in [0.4, 0.5) is 5.69 Å². The van der Waals surface area contributed by atoms with Crippen molar-refractivity contribution >= 4 is 5.69 Å². The van der Waals surface area contributed by atoms with Crippen LogP contribution in [0, 0.1) is 0 Å². The number of nitrogens with one attached hydrogen (secondary N) is 1. The molecule has 0 unspecified atom stereocenters. The van der Waals surface area contributed by atoms with Gasteiger partial charge in [-0.3, -0.25) is 0 Å². The maximum absolute atomic E-state index is 9.49. The molecular weight excluding hydrogens is 230 g/mol. The maximum atomic E-state index is 9.49. The number of hydrogen-bond acceptors (Lipinski definition) is 4. The lowest BCUT2D eigenvalue weighted by Crippen LogP contribution is -2.28. The molecule has 0 spiro atoms. The van der Waals surface area contributed by atoms with Crippen LogP contribution in [0.2, 0.25) is 0 Å². The van der Waals surface area contributed by atoms with Crippen molar-refractivity contribution in [3.8, 4) is 11.5 Å². The Balaban J connectivity index is 2.04. The molecule has 0 atom stereocenters. The molecule has 18 heavy (non-hydrogen) atoms. The first-order valence-corrected chi connectivity index (χ1v) is 6.39. The second-order valence-electron chi connectivity index (χ2n) is 4.72. The van der Waals surface area contributed by atoms with Crippen LogP contribution >= 0.6 is 0 Å². The van der Waals surface area contributed by atoms with Crippen LogP contribution in [-0.2, 0) is 0 Å². The van der Waals surface area contributed by atoms with Gasteiger partial charge in [-0.15, -0.1) is 0 Å². The molecule has 4 nitrogen and oxygen atoms in total. The Morgan fingerprint density at radius 1 is 1.11 bits per heavy atom. The zero-order valence-electron chi connectivity index (χ0n) is 11.0. The zero-order valence-corrected chi connectivity index (χ0v) is 11.0. The highest BCUT2D eigenvalue weighted by Gasteiger charge is 2.20. The van der Waals surface area contributed by atoms with Gasteiger partial charge < -0.3 is 19.9 Å². The third-order valence-electron chi connectivity index (χ3n) is 3.47. The number of anilines is 1. The van der Waals surface area contributed by atoms with Crippen molar-refractivity contribution in [1.29, 1.82) is 0 Å². The van der Waals surface area contributed by atoms with E-state index >= 15 is 0 Å².